The molecule has 23 heavy (non-hydrogen) atoms. The number of nitrogens with one attached hydrogen (secondary N) is 2. The second kappa shape index (κ2) is 6.46. The quantitative estimate of drug-likeness (QED) is 0.816. The van der Waals surface area contributed by atoms with Gasteiger partial charge in [0.15, 0.2) is 0 Å². The molecule has 1 unspecified atom stereocenters. The lowest BCUT2D eigenvalue weighted by molar-refractivity contribution is -0.138. The number of benzene rings is 1. The Morgan fingerprint density at radius 2 is 2.09 bits per heavy atom. The lowest BCUT2D eigenvalue weighted by Crippen LogP contribution is -2.21. The van der Waals surface area contributed by atoms with E-state index in [0.29, 0.717) is 12.2 Å². The monoisotopic (exact) mass is 328 g/mol. The van der Waals surface area contributed by atoms with E-state index in [-0.39, 0.29) is 12.0 Å². The Labute approximate surface area is 140 Å². The maximum Gasteiger partial charge on any atom is 0.338 e. The van der Waals surface area contributed by atoms with Gasteiger partial charge in [-0.2, -0.15) is 0 Å². The van der Waals surface area contributed by atoms with E-state index in [1.165, 1.54) is 5.56 Å². The van der Waals surface area contributed by atoms with Crippen molar-refractivity contribution in [2.45, 2.75) is 26.8 Å². The molecule has 1 aromatic carbocycles. The minimum Gasteiger partial charge on any atom is -0.463 e. The van der Waals surface area contributed by atoms with Gasteiger partial charge in [0, 0.05) is 10.6 Å². The SMILES string of the molecule is CCOC(=O)C1=C(C)Nc2ccc(C)cc2NC1c1cccs1. The average Bonchev–Trinajstić information content (AvgIpc) is 2.99. The summed E-state index contributed by atoms with van der Waals surface area (Å²) in [4.78, 5) is 13.6. The fourth-order valence-electron chi connectivity index (χ4n) is 2.75. The predicted molar refractivity (Wildman–Crippen MR) is 94.8 cm³/mol. The third kappa shape index (κ3) is 3.10. The molecule has 0 bridgehead atoms. The minimum absolute atomic E-state index is 0.218. The summed E-state index contributed by atoms with van der Waals surface area (Å²) in [5.74, 6) is -0.284. The van der Waals surface area contributed by atoms with Crippen LogP contribution in [0.1, 0.15) is 30.3 Å². The zero-order valence-electron chi connectivity index (χ0n) is 13.5. The fraction of sp³-hybridized carbons (Fsp3) is 0.278. The first-order chi connectivity index (χ1) is 11.1. The molecular formula is C18H20N2O2S. The maximum absolute atomic E-state index is 12.5. The van der Waals surface area contributed by atoms with Gasteiger partial charge >= 0.3 is 5.97 Å². The maximum atomic E-state index is 12.5. The van der Waals surface area contributed by atoms with Crippen LogP contribution in [0.15, 0.2) is 47.0 Å². The number of carbonyl (C=O) groups is 1. The van der Waals surface area contributed by atoms with Gasteiger partial charge in [0.1, 0.15) is 0 Å². The Bertz CT molecular complexity index is 750. The summed E-state index contributed by atoms with van der Waals surface area (Å²) >= 11 is 1.63. The van der Waals surface area contributed by atoms with Crippen LogP contribution in [0.25, 0.3) is 0 Å². The van der Waals surface area contributed by atoms with Crippen molar-refractivity contribution >= 4 is 28.7 Å². The van der Waals surface area contributed by atoms with Crippen molar-refractivity contribution in [3.8, 4) is 0 Å². The van der Waals surface area contributed by atoms with Crippen LogP contribution in [-0.2, 0) is 9.53 Å². The highest BCUT2D eigenvalue weighted by Gasteiger charge is 2.30. The van der Waals surface area contributed by atoms with Crippen LogP contribution in [-0.4, -0.2) is 12.6 Å². The molecule has 0 fully saturated rings. The van der Waals surface area contributed by atoms with Gasteiger partial charge in [-0.25, -0.2) is 4.79 Å². The van der Waals surface area contributed by atoms with Gasteiger partial charge < -0.3 is 15.4 Å². The van der Waals surface area contributed by atoms with Crippen LogP contribution in [0.4, 0.5) is 11.4 Å². The topological polar surface area (TPSA) is 50.4 Å². The molecule has 1 atom stereocenters. The van der Waals surface area contributed by atoms with E-state index in [9.17, 15) is 4.79 Å². The average molecular weight is 328 g/mol. The molecule has 2 N–H and O–H groups in total. The van der Waals surface area contributed by atoms with E-state index >= 15 is 0 Å². The summed E-state index contributed by atoms with van der Waals surface area (Å²) in [5, 5.41) is 8.88. The van der Waals surface area contributed by atoms with Gasteiger partial charge in [-0.15, -0.1) is 11.3 Å². The standard InChI is InChI=1S/C18H20N2O2S/c1-4-22-18(21)16-12(3)19-13-8-7-11(2)10-14(13)20-17(16)15-6-5-9-23-15/h5-10,17,19-20H,4H2,1-3H3. The van der Waals surface area contributed by atoms with Crippen LogP contribution in [0.2, 0.25) is 0 Å². The Morgan fingerprint density at radius 3 is 2.78 bits per heavy atom. The first-order valence-electron chi connectivity index (χ1n) is 7.65. The molecular weight excluding hydrogens is 308 g/mol. The third-order valence-electron chi connectivity index (χ3n) is 3.81. The zero-order chi connectivity index (χ0) is 16.4. The highest BCUT2D eigenvalue weighted by atomic mass is 32.1. The number of ether oxygens (including phenoxy) is 1. The number of fused-ring (bicyclic) bond motifs is 1. The summed E-state index contributed by atoms with van der Waals surface area (Å²) in [6.07, 6.45) is 0. The van der Waals surface area contributed by atoms with E-state index in [1.807, 2.05) is 37.4 Å². The lowest BCUT2D eigenvalue weighted by atomic mass is 10.0. The van der Waals surface area contributed by atoms with Crippen molar-refractivity contribution in [2.24, 2.45) is 0 Å². The van der Waals surface area contributed by atoms with Crippen molar-refractivity contribution in [1.82, 2.24) is 0 Å². The summed E-state index contributed by atoms with van der Waals surface area (Å²) in [5.41, 5.74) is 4.57. The number of hydrogen-bond acceptors (Lipinski definition) is 5. The van der Waals surface area contributed by atoms with Gasteiger partial charge in [0.25, 0.3) is 0 Å². The van der Waals surface area contributed by atoms with Crippen molar-refractivity contribution in [3.63, 3.8) is 0 Å². The molecule has 1 aromatic heterocycles. The van der Waals surface area contributed by atoms with Gasteiger partial charge in [0.2, 0.25) is 0 Å². The van der Waals surface area contributed by atoms with Crippen LogP contribution < -0.4 is 10.6 Å². The van der Waals surface area contributed by atoms with Gasteiger partial charge in [-0.1, -0.05) is 12.1 Å². The normalized spacial score (nSPS) is 16.9. The molecule has 0 saturated carbocycles. The van der Waals surface area contributed by atoms with Crippen molar-refractivity contribution in [2.75, 3.05) is 17.2 Å². The largest absolute Gasteiger partial charge is 0.463 e. The highest BCUT2D eigenvalue weighted by molar-refractivity contribution is 7.10. The molecule has 0 saturated heterocycles. The van der Waals surface area contributed by atoms with Crippen LogP contribution in [0.3, 0.4) is 0 Å². The molecule has 120 valence electrons. The molecule has 2 aromatic rings. The molecule has 0 aliphatic carbocycles. The molecule has 0 spiro atoms. The number of anilines is 2. The van der Waals surface area contributed by atoms with Gasteiger partial charge in [-0.3, -0.25) is 0 Å². The fourth-order valence-corrected chi connectivity index (χ4v) is 3.53. The second-order valence-corrected chi connectivity index (χ2v) is 6.51. The summed E-state index contributed by atoms with van der Waals surface area (Å²) in [7, 11) is 0. The predicted octanol–water partition coefficient (Wildman–Crippen LogP) is 4.47. The smallest absolute Gasteiger partial charge is 0.338 e. The Kier molecular flexibility index (Phi) is 4.39. The minimum atomic E-state index is -0.284. The number of esters is 1. The molecule has 1 aliphatic heterocycles. The number of aryl methyl sites for hydroxylation is 1. The highest BCUT2D eigenvalue weighted by Crippen LogP contribution is 2.38. The van der Waals surface area contributed by atoms with E-state index < -0.39 is 0 Å². The lowest BCUT2D eigenvalue weighted by Gasteiger charge is -2.20. The Hall–Kier alpha value is -2.27. The Morgan fingerprint density at radius 1 is 1.26 bits per heavy atom. The molecule has 5 heteroatoms. The van der Waals surface area contributed by atoms with Gasteiger partial charge in [0.05, 0.1) is 29.6 Å². The van der Waals surface area contributed by atoms with Gasteiger partial charge in [-0.05, 0) is 49.9 Å². The van der Waals surface area contributed by atoms with E-state index in [4.69, 9.17) is 4.74 Å². The molecule has 1 aliphatic rings. The van der Waals surface area contributed by atoms with E-state index in [1.54, 1.807) is 11.3 Å². The second-order valence-electron chi connectivity index (χ2n) is 5.53. The number of thiophene rings is 1. The van der Waals surface area contributed by atoms with Crippen LogP contribution in [0.5, 0.6) is 0 Å². The van der Waals surface area contributed by atoms with Crippen molar-refractivity contribution < 1.29 is 9.53 Å². The molecule has 0 amide bonds. The molecule has 4 nitrogen and oxygen atoms in total. The van der Waals surface area contributed by atoms with Crippen molar-refractivity contribution in [1.29, 1.82) is 0 Å². The summed E-state index contributed by atoms with van der Waals surface area (Å²) in [6.45, 7) is 6.16. The first kappa shape index (κ1) is 15.6. The third-order valence-corrected chi connectivity index (χ3v) is 4.75. The number of allylic oxidation sites excluding steroid dienone is 1. The molecule has 0 radical (unpaired) electrons. The molecule has 3 rings (SSSR count). The summed E-state index contributed by atoms with van der Waals surface area (Å²) in [6, 6.07) is 9.98. The summed E-state index contributed by atoms with van der Waals surface area (Å²) < 4.78 is 5.29. The number of rotatable bonds is 3. The van der Waals surface area contributed by atoms with E-state index in [0.717, 1.165) is 21.9 Å². The van der Waals surface area contributed by atoms with Crippen molar-refractivity contribution in [3.05, 3.63) is 57.4 Å². The zero-order valence-corrected chi connectivity index (χ0v) is 14.3. The Balaban J connectivity index is 2.10. The molecule has 2 heterocycles. The first-order valence-corrected chi connectivity index (χ1v) is 8.53. The van der Waals surface area contributed by atoms with Crippen LogP contribution >= 0.6 is 11.3 Å². The number of carbonyl (C=O) groups excluding carboxylic acids is 1. The van der Waals surface area contributed by atoms with E-state index in [2.05, 4.69) is 29.7 Å². The van der Waals surface area contributed by atoms with Crippen LogP contribution in [0, 0.1) is 6.92 Å². The number of hydrogen-bond donors (Lipinski definition) is 2.